The van der Waals surface area contributed by atoms with Crippen LogP contribution < -0.4 is 4.74 Å². The number of piperidine rings is 1. The average molecular weight is 492 g/mol. The number of nitrogens with one attached hydrogen (secondary N) is 1. The van der Waals surface area contributed by atoms with E-state index >= 15 is 0 Å². The van der Waals surface area contributed by atoms with Crippen LogP contribution in [0.2, 0.25) is 0 Å². The molecule has 2 fully saturated rings. The number of carbonyl (C=O) groups excluding carboxylic acids is 1. The number of fused-ring (bicyclic) bond motifs is 4. The molecule has 0 bridgehead atoms. The van der Waals surface area contributed by atoms with Crippen molar-refractivity contribution in [3.05, 3.63) is 65.1 Å². The zero-order valence-electron chi connectivity index (χ0n) is 20.8. The first-order chi connectivity index (χ1) is 17.5. The minimum absolute atomic E-state index is 0.160. The molecule has 190 valence electrons. The number of H-pyrrole nitrogens is 1. The monoisotopic (exact) mass is 491 g/mol. The van der Waals surface area contributed by atoms with Crippen LogP contribution in [0, 0.1) is 11.7 Å². The van der Waals surface area contributed by atoms with Crippen LogP contribution >= 0.6 is 0 Å². The van der Waals surface area contributed by atoms with Gasteiger partial charge in [0.2, 0.25) is 5.91 Å². The number of hydrogen-bond donors (Lipinski definition) is 2. The molecule has 3 aromatic rings. The van der Waals surface area contributed by atoms with Crippen LogP contribution in [-0.2, 0) is 16.8 Å². The topological polar surface area (TPSA) is 68.8 Å². The van der Waals surface area contributed by atoms with Gasteiger partial charge in [0, 0.05) is 65.7 Å². The van der Waals surface area contributed by atoms with E-state index in [4.69, 9.17) is 4.74 Å². The summed E-state index contributed by atoms with van der Waals surface area (Å²) in [7, 11) is 1.67. The Morgan fingerprint density at radius 1 is 1.22 bits per heavy atom. The molecular weight excluding hydrogens is 457 g/mol. The van der Waals surface area contributed by atoms with E-state index in [1.54, 1.807) is 19.2 Å². The Balaban J connectivity index is 1.39. The van der Waals surface area contributed by atoms with E-state index in [-0.39, 0.29) is 23.8 Å². The Morgan fingerprint density at radius 3 is 2.67 bits per heavy atom. The number of nitrogens with zero attached hydrogens (tertiary/aromatic N) is 2. The van der Waals surface area contributed by atoms with Gasteiger partial charge < -0.3 is 19.7 Å². The number of rotatable bonds is 5. The number of hydrogen-bond acceptors (Lipinski definition) is 4. The molecule has 7 heteroatoms. The van der Waals surface area contributed by atoms with E-state index in [0.29, 0.717) is 24.6 Å². The van der Waals surface area contributed by atoms with E-state index in [1.165, 1.54) is 17.0 Å². The fourth-order valence-corrected chi connectivity index (χ4v) is 6.66. The summed E-state index contributed by atoms with van der Waals surface area (Å²) < 4.78 is 20.3. The molecule has 0 radical (unpaired) electrons. The first-order valence-corrected chi connectivity index (χ1v) is 13.1. The highest BCUT2D eigenvalue weighted by Gasteiger charge is 2.47. The Hall–Kier alpha value is -2.90. The molecule has 1 saturated heterocycles. The standard InChI is InChI=1S/C29H34FN3O3/c1-36-20-9-10-22-24(15-20)31-25-16-33(26(17-34)21-7-2-3-8-23(21)30)18-29(27(22)25)11-13-32(14-12-29)28(35)19-5-4-6-19/h2-3,7-10,15,19,26,31,34H,4-6,11-14,16-18H2,1H3. The van der Waals surface area contributed by atoms with Crippen LogP contribution in [0.3, 0.4) is 0 Å². The summed E-state index contributed by atoms with van der Waals surface area (Å²) in [5.41, 5.74) is 3.79. The second kappa shape index (κ2) is 9.20. The fourth-order valence-electron chi connectivity index (χ4n) is 6.66. The van der Waals surface area contributed by atoms with Crippen LogP contribution in [0.1, 0.15) is 55.0 Å². The highest BCUT2D eigenvalue weighted by Crippen LogP contribution is 2.48. The molecular formula is C29H34FN3O3. The first-order valence-electron chi connectivity index (χ1n) is 13.1. The highest BCUT2D eigenvalue weighted by atomic mass is 19.1. The van der Waals surface area contributed by atoms with Gasteiger partial charge in [-0.2, -0.15) is 0 Å². The number of aliphatic hydroxyl groups is 1. The van der Waals surface area contributed by atoms with E-state index in [1.807, 2.05) is 18.2 Å². The molecule has 3 aliphatic rings. The smallest absolute Gasteiger partial charge is 0.225 e. The van der Waals surface area contributed by atoms with Crippen molar-refractivity contribution in [1.82, 2.24) is 14.8 Å². The van der Waals surface area contributed by atoms with Crippen molar-refractivity contribution in [3.8, 4) is 5.75 Å². The van der Waals surface area contributed by atoms with E-state index < -0.39 is 6.04 Å². The van der Waals surface area contributed by atoms with Crippen molar-refractivity contribution >= 4 is 16.8 Å². The Labute approximate surface area is 211 Å². The summed E-state index contributed by atoms with van der Waals surface area (Å²) in [6, 6.07) is 12.5. The number of amides is 1. The molecule has 1 aromatic heterocycles. The first kappa shape index (κ1) is 23.5. The molecule has 2 N–H and O–H groups in total. The lowest BCUT2D eigenvalue weighted by molar-refractivity contribution is -0.140. The minimum atomic E-state index is -0.438. The molecule has 2 aromatic carbocycles. The fraction of sp³-hybridized carbons (Fsp3) is 0.483. The van der Waals surface area contributed by atoms with Gasteiger partial charge in [0.15, 0.2) is 0 Å². The van der Waals surface area contributed by atoms with Gasteiger partial charge in [0.25, 0.3) is 0 Å². The van der Waals surface area contributed by atoms with Crippen LogP contribution in [0.4, 0.5) is 4.39 Å². The average Bonchev–Trinajstić information content (AvgIpc) is 3.23. The van der Waals surface area contributed by atoms with Gasteiger partial charge in [-0.3, -0.25) is 9.69 Å². The van der Waals surface area contributed by atoms with Crippen LogP contribution in [0.5, 0.6) is 5.75 Å². The summed E-state index contributed by atoms with van der Waals surface area (Å²) in [6.45, 7) is 2.61. The number of aromatic amines is 1. The third-order valence-corrected chi connectivity index (χ3v) is 8.85. The number of ether oxygens (including phenoxy) is 1. The molecule has 3 heterocycles. The minimum Gasteiger partial charge on any atom is -0.497 e. The quantitative estimate of drug-likeness (QED) is 0.551. The van der Waals surface area contributed by atoms with Gasteiger partial charge in [-0.25, -0.2) is 4.39 Å². The molecule has 1 amide bonds. The summed E-state index contributed by atoms with van der Waals surface area (Å²) in [5, 5.41) is 11.6. The normalized spacial score (nSPS) is 20.8. The Bertz CT molecular complexity index is 1280. The molecule has 1 spiro atoms. The number of methoxy groups -OCH3 is 1. The lowest BCUT2D eigenvalue weighted by atomic mass is 9.68. The van der Waals surface area contributed by atoms with Crippen molar-refractivity contribution in [2.45, 2.75) is 50.1 Å². The van der Waals surface area contributed by atoms with Crippen molar-refractivity contribution in [2.24, 2.45) is 5.92 Å². The molecule has 1 atom stereocenters. The van der Waals surface area contributed by atoms with Gasteiger partial charge in [-0.1, -0.05) is 24.6 Å². The predicted octanol–water partition coefficient (Wildman–Crippen LogP) is 4.53. The maximum atomic E-state index is 14.8. The lowest BCUT2D eigenvalue weighted by Gasteiger charge is -2.50. The highest BCUT2D eigenvalue weighted by molar-refractivity contribution is 5.87. The Kier molecular flexibility index (Phi) is 6.00. The number of benzene rings is 2. The summed E-state index contributed by atoms with van der Waals surface area (Å²) >= 11 is 0. The van der Waals surface area contributed by atoms with Crippen LogP contribution in [0.25, 0.3) is 10.9 Å². The predicted molar refractivity (Wildman–Crippen MR) is 136 cm³/mol. The molecule has 6 rings (SSSR count). The van der Waals surface area contributed by atoms with Crippen molar-refractivity contribution < 1.29 is 19.0 Å². The van der Waals surface area contributed by atoms with Gasteiger partial charge in [0.05, 0.1) is 19.8 Å². The van der Waals surface area contributed by atoms with Gasteiger partial charge in [-0.05, 0) is 49.4 Å². The maximum Gasteiger partial charge on any atom is 0.225 e. The molecule has 1 saturated carbocycles. The maximum absolute atomic E-state index is 14.8. The number of halogens is 1. The number of aromatic nitrogens is 1. The van der Waals surface area contributed by atoms with Crippen molar-refractivity contribution in [2.75, 3.05) is 33.4 Å². The number of carbonyl (C=O) groups is 1. The third-order valence-electron chi connectivity index (χ3n) is 8.85. The van der Waals surface area contributed by atoms with Crippen molar-refractivity contribution in [3.63, 3.8) is 0 Å². The molecule has 36 heavy (non-hydrogen) atoms. The second-order valence-electron chi connectivity index (χ2n) is 10.7. The third kappa shape index (κ3) is 3.80. The van der Waals surface area contributed by atoms with E-state index in [0.717, 1.165) is 62.2 Å². The second-order valence-corrected chi connectivity index (χ2v) is 10.7. The van der Waals surface area contributed by atoms with Gasteiger partial charge >= 0.3 is 0 Å². The number of aliphatic hydroxyl groups excluding tert-OH is 1. The molecule has 6 nitrogen and oxygen atoms in total. The summed E-state index contributed by atoms with van der Waals surface area (Å²) in [6.07, 6.45) is 4.89. The van der Waals surface area contributed by atoms with Crippen LogP contribution in [0.15, 0.2) is 42.5 Å². The van der Waals surface area contributed by atoms with E-state index in [9.17, 15) is 14.3 Å². The van der Waals surface area contributed by atoms with Crippen LogP contribution in [-0.4, -0.2) is 59.1 Å². The Morgan fingerprint density at radius 2 is 2.00 bits per heavy atom. The van der Waals surface area contributed by atoms with E-state index in [2.05, 4.69) is 20.9 Å². The van der Waals surface area contributed by atoms with Gasteiger partial charge in [0.1, 0.15) is 11.6 Å². The summed E-state index contributed by atoms with van der Waals surface area (Å²) in [5.74, 6) is 1.02. The largest absolute Gasteiger partial charge is 0.497 e. The SMILES string of the molecule is COc1ccc2c3c([nH]c2c1)CN(C(CO)c1ccccc1F)CC31CCN(C(=O)C2CCC2)CC1. The molecule has 1 aliphatic carbocycles. The molecule has 2 aliphatic heterocycles. The summed E-state index contributed by atoms with van der Waals surface area (Å²) in [4.78, 5) is 20.9. The zero-order chi connectivity index (χ0) is 24.9. The van der Waals surface area contributed by atoms with Crippen molar-refractivity contribution in [1.29, 1.82) is 0 Å². The molecule has 1 unspecified atom stereocenters. The zero-order valence-corrected chi connectivity index (χ0v) is 20.8. The van der Waals surface area contributed by atoms with Gasteiger partial charge in [-0.15, -0.1) is 0 Å². The lowest BCUT2D eigenvalue weighted by Crippen LogP contribution is -2.54. The number of likely N-dealkylation sites (tertiary alicyclic amines) is 1.